The Morgan fingerprint density at radius 2 is 1.64 bits per heavy atom. The van der Waals surface area contributed by atoms with Crippen molar-refractivity contribution in [2.45, 2.75) is 91.9 Å². The van der Waals surface area contributed by atoms with Crippen LogP contribution in [0.2, 0.25) is 0 Å². The fraction of sp³-hybridized carbons (Fsp3) is 0.793. The summed E-state index contributed by atoms with van der Waals surface area (Å²) in [6, 6.07) is -3.90. The van der Waals surface area contributed by atoms with Crippen LogP contribution in [0.4, 0.5) is 9.59 Å². The maximum Gasteiger partial charge on any atom is 0.406 e. The predicted octanol–water partition coefficient (Wildman–Crippen LogP) is 0.903. The lowest BCUT2D eigenvalue weighted by Crippen LogP contribution is -2.62. The molecule has 1 saturated heterocycles. The van der Waals surface area contributed by atoms with Crippen LogP contribution in [-0.4, -0.2) is 84.9 Å². The first-order chi connectivity index (χ1) is 19.4. The number of rotatable bonds is 12. The van der Waals surface area contributed by atoms with E-state index in [-0.39, 0.29) is 35.6 Å². The molecule has 0 aromatic heterocycles. The number of piperidine rings is 1. The Balaban J connectivity index is 1.78. The molecule has 3 rings (SSSR count). The van der Waals surface area contributed by atoms with Crippen LogP contribution in [0.25, 0.3) is 0 Å². The summed E-state index contributed by atoms with van der Waals surface area (Å²) in [5, 5.41) is 11.0. The van der Waals surface area contributed by atoms with Crippen molar-refractivity contribution in [2.75, 3.05) is 20.2 Å². The third kappa shape index (κ3) is 7.52. The van der Waals surface area contributed by atoms with Gasteiger partial charge in [0.2, 0.25) is 17.6 Å². The smallest absolute Gasteiger partial charge is 0.406 e. The number of fused-ring (bicyclic) bond motifs is 1. The van der Waals surface area contributed by atoms with Crippen molar-refractivity contribution in [3.8, 4) is 0 Å². The summed E-state index contributed by atoms with van der Waals surface area (Å²) in [6.45, 7) is 13.8. The summed E-state index contributed by atoms with van der Waals surface area (Å²) in [5.41, 5.74) is 4.37. The predicted molar refractivity (Wildman–Crippen MR) is 154 cm³/mol. The number of hydrogen-bond donors (Lipinski definition) is 5. The number of carbonyl (C=O) groups excluding carboxylic acids is 6. The minimum atomic E-state index is -1.10. The summed E-state index contributed by atoms with van der Waals surface area (Å²) in [5.74, 6) is -2.69. The lowest BCUT2D eigenvalue weighted by Gasteiger charge is -2.38. The fourth-order valence-corrected chi connectivity index (χ4v) is 6.03. The molecular weight excluding hydrogens is 544 g/mol. The van der Waals surface area contributed by atoms with Crippen LogP contribution in [0.5, 0.6) is 0 Å². The highest BCUT2D eigenvalue weighted by Gasteiger charge is 2.70. The molecule has 42 heavy (non-hydrogen) atoms. The zero-order valence-electron chi connectivity index (χ0n) is 26.0. The second kappa shape index (κ2) is 12.5. The number of nitrogens with one attached hydrogen (secondary N) is 4. The Hall–Kier alpha value is -3.38. The van der Waals surface area contributed by atoms with Crippen LogP contribution in [0.3, 0.4) is 0 Å². The van der Waals surface area contributed by atoms with E-state index in [0.29, 0.717) is 13.0 Å². The number of nitrogens with two attached hydrogens (primary N) is 1. The minimum Gasteiger partial charge on any atom is -0.453 e. The third-order valence-corrected chi connectivity index (χ3v) is 9.06. The number of methoxy groups -OCH3 is 1. The molecule has 6 atom stereocenters. The monoisotopic (exact) mass is 592 g/mol. The zero-order valence-corrected chi connectivity index (χ0v) is 26.0. The van der Waals surface area contributed by atoms with Gasteiger partial charge in [0, 0.05) is 13.1 Å². The van der Waals surface area contributed by atoms with Gasteiger partial charge < -0.3 is 36.6 Å². The molecule has 3 aliphatic rings. The molecule has 0 radical (unpaired) electrons. The maximum absolute atomic E-state index is 14.1. The van der Waals surface area contributed by atoms with Crippen molar-refractivity contribution < 1.29 is 33.5 Å². The molecule has 1 unspecified atom stereocenters. The van der Waals surface area contributed by atoms with Crippen molar-refractivity contribution in [1.82, 2.24) is 26.2 Å². The summed E-state index contributed by atoms with van der Waals surface area (Å²) < 4.78 is 4.61. The lowest BCUT2D eigenvalue weighted by molar-refractivity contribution is -0.145. The number of ketones is 1. The molecule has 0 spiro atoms. The van der Waals surface area contributed by atoms with Crippen molar-refractivity contribution in [3.63, 3.8) is 0 Å². The van der Waals surface area contributed by atoms with E-state index in [9.17, 15) is 28.8 Å². The Morgan fingerprint density at radius 3 is 2.14 bits per heavy atom. The third-order valence-electron chi connectivity index (χ3n) is 9.06. The summed E-state index contributed by atoms with van der Waals surface area (Å²) in [4.78, 5) is 78.2. The number of alkyl carbamates (subject to hydrolysis) is 1. The first kappa shape index (κ1) is 33.1. The van der Waals surface area contributed by atoms with Gasteiger partial charge in [0.1, 0.15) is 12.1 Å². The molecule has 0 aromatic carbocycles. The van der Waals surface area contributed by atoms with Crippen molar-refractivity contribution in [2.24, 2.45) is 40.2 Å². The van der Waals surface area contributed by atoms with Crippen molar-refractivity contribution in [1.29, 1.82) is 0 Å². The quantitative estimate of drug-likeness (QED) is 0.208. The van der Waals surface area contributed by atoms with Crippen LogP contribution in [0.1, 0.15) is 67.7 Å². The molecular formula is C29H48N6O7. The highest BCUT2D eigenvalue weighted by atomic mass is 16.5. The average Bonchev–Trinajstić information content (AvgIpc) is 3.74. The van der Waals surface area contributed by atoms with Crippen LogP contribution in [0.15, 0.2) is 0 Å². The number of Topliss-reactive ketones (excluding diaryl/α,β-unsaturated/α-hetero) is 1. The number of urea groups is 1. The van der Waals surface area contributed by atoms with E-state index in [4.69, 9.17) is 5.73 Å². The summed E-state index contributed by atoms with van der Waals surface area (Å²) >= 11 is 0. The van der Waals surface area contributed by atoms with E-state index in [1.54, 1.807) is 0 Å². The lowest BCUT2D eigenvalue weighted by atomic mass is 9.85. The Labute approximate surface area is 247 Å². The van der Waals surface area contributed by atoms with Gasteiger partial charge in [-0.1, -0.05) is 61.3 Å². The highest BCUT2D eigenvalue weighted by molar-refractivity contribution is 6.37. The summed E-state index contributed by atoms with van der Waals surface area (Å²) in [6.07, 6.45) is 1.55. The van der Waals surface area contributed by atoms with Crippen LogP contribution in [0, 0.1) is 34.5 Å². The molecule has 2 aliphatic carbocycles. The van der Waals surface area contributed by atoms with Crippen molar-refractivity contribution in [3.05, 3.63) is 0 Å². The normalized spacial score (nSPS) is 24.5. The Kier molecular flexibility index (Phi) is 9.83. The molecule has 0 bridgehead atoms. The first-order valence-corrected chi connectivity index (χ1v) is 14.7. The van der Waals surface area contributed by atoms with E-state index in [2.05, 4.69) is 26.0 Å². The van der Waals surface area contributed by atoms with Crippen LogP contribution >= 0.6 is 0 Å². The standard InChI is InChI=1S/C29H48N6O7/c1-14(2)18(12-31-27(41)42-8)33-26(40)34-22(28(3,4)5)25(39)35-13-16-19(29(16,6)7)20(35)24(38)32-17(11-15-9-10-15)21(36)23(30)37/h14-20,22H,9-13H2,1-8H3,(H2,30,37)(H,31,41)(H,32,38)(H2,33,34,40)/t16-,17?,18+,19-,20-,22+/m0/s1. The fourth-order valence-electron chi connectivity index (χ4n) is 6.03. The summed E-state index contributed by atoms with van der Waals surface area (Å²) in [7, 11) is 1.25. The molecule has 3 fully saturated rings. The van der Waals surface area contributed by atoms with Gasteiger partial charge in [-0.3, -0.25) is 19.2 Å². The number of hydrogen-bond acceptors (Lipinski definition) is 7. The molecule has 236 valence electrons. The largest absolute Gasteiger partial charge is 0.453 e. The molecule has 13 nitrogen and oxygen atoms in total. The van der Waals surface area contributed by atoms with E-state index >= 15 is 0 Å². The van der Waals surface area contributed by atoms with E-state index in [1.807, 2.05) is 48.5 Å². The second-order valence-electron chi connectivity index (χ2n) is 14.0. The SMILES string of the molecule is COC(=O)NC[C@@H](NC(=O)N[C@H](C(=O)N1C[C@H]2[C@@H]([C@H]1C(=O)NC(CC1CC1)C(=O)C(N)=O)C2(C)C)C(C)(C)C)C(C)C. The minimum absolute atomic E-state index is 0.0376. The van der Waals surface area contributed by atoms with Crippen molar-refractivity contribution >= 4 is 35.6 Å². The number of amides is 6. The van der Waals surface area contributed by atoms with Gasteiger partial charge in [-0.05, 0) is 40.9 Å². The Morgan fingerprint density at radius 1 is 1.02 bits per heavy atom. The van der Waals surface area contributed by atoms with Gasteiger partial charge in [0.25, 0.3) is 5.91 Å². The van der Waals surface area contributed by atoms with Gasteiger partial charge >= 0.3 is 12.1 Å². The molecule has 1 heterocycles. The first-order valence-electron chi connectivity index (χ1n) is 14.7. The van der Waals surface area contributed by atoms with E-state index < -0.39 is 65.2 Å². The topological polar surface area (TPSA) is 189 Å². The Bertz CT molecular complexity index is 1100. The van der Waals surface area contributed by atoms with Gasteiger partial charge in [-0.25, -0.2) is 9.59 Å². The molecule has 1 aliphatic heterocycles. The van der Waals surface area contributed by atoms with Crippen LogP contribution in [-0.2, 0) is 23.9 Å². The number of primary amides is 1. The van der Waals surface area contributed by atoms with E-state index in [1.165, 1.54) is 12.0 Å². The number of nitrogens with zero attached hydrogens (tertiary/aromatic N) is 1. The van der Waals surface area contributed by atoms with Gasteiger partial charge in [-0.15, -0.1) is 0 Å². The van der Waals surface area contributed by atoms with E-state index in [0.717, 1.165) is 12.8 Å². The average molecular weight is 593 g/mol. The molecule has 13 heteroatoms. The number of ether oxygens (including phenoxy) is 1. The number of carbonyl (C=O) groups is 6. The number of likely N-dealkylation sites (tertiary alicyclic amines) is 1. The zero-order chi connectivity index (χ0) is 31.7. The van der Waals surface area contributed by atoms with Gasteiger partial charge in [0.05, 0.1) is 19.2 Å². The molecule has 6 N–H and O–H groups in total. The molecule has 6 amide bonds. The molecule has 2 saturated carbocycles. The van der Waals surface area contributed by atoms with Gasteiger partial charge in [0.15, 0.2) is 0 Å². The highest BCUT2D eigenvalue weighted by Crippen LogP contribution is 2.65. The molecule has 0 aromatic rings. The van der Waals surface area contributed by atoms with Gasteiger partial charge in [-0.2, -0.15) is 0 Å². The second-order valence-corrected chi connectivity index (χ2v) is 14.0. The maximum atomic E-state index is 14.1. The van der Waals surface area contributed by atoms with Crippen LogP contribution < -0.4 is 27.0 Å².